The first kappa shape index (κ1) is 25.1. The number of imidazole rings is 1. The highest BCUT2D eigenvalue weighted by Crippen LogP contribution is 2.13. The first-order valence-corrected chi connectivity index (χ1v) is 9.02. The van der Waals surface area contributed by atoms with Crippen molar-refractivity contribution in [3.05, 3.63) is 38.4 Å². The molecule has 0 aliphatic rings. The van der Waals surface area contributed by atoms with Crippen LogP contribution in [0.5, 0.6) is 0 Å². The quantitative estimate of drug-likeness (QED) is 0.187. The number of hydrogen-bond donors (Lipinski definition) is 4. The third-order valence-corrected chi connectivity index (χ3v) is 3.81. The van der Waals surface area contributed by atoms with Gasteiger partial charge in [0.15, 0.2) is 0 Å². The van der Waals surface area contributed by atoms with Gasteiger partial charge in [-0.1, -0.05) is 0 Å². The van der Waals surface area contributed by atoms with Gasteiger partial charge in [-0.05, 0) is 12.8 Å². The Balaban J connectivity index is 2.31. The number of H-pyrrole nitrogens is 1. The molecule has 0 aliphatic heterocycles. The molecule has 1 aromatic rings. The van der Waals surface area contributed by atoms with E-state index in [0.717, 1.165) is 0 Å². The average Bonchev–Trinajstić information content (AvgIpc) is 3.19. The largest absolute Gasteiger partial charge is 0.481 e. The summed E-state index contributed by atoms with van der Waals surface area (Å²) in [7, 11) is 0. The van der Waals surface area contributed by atoms with Crippen LogP contribution in [0.25, 0.3) is 0 Å². The maximum absolute atomic E-state index is 12.0. The van der Waals surface area contributed by atoms with Crippen molar-refractivity contribution >= 4 is 17.8 Å². The summed E-state index contributed by atoms with van der Waals surface area (Å²) in [6.07, 6.45) is 1.10. The first-order chi connectivity index (χ1) is 14.7. The van der Waals surface area contributed by atoms with E-state index >= 15 is 0 Å². The molecule has 172 valence electrons. The Morgan fingerprint density at radius 2 is 1.94 bits per heavy atom. The predicted octanol–water partition coefficient (Wildman–Crippen LogP) is -0.496. The van der Waals surface area contributed by atoms with E-state index in [1.165, 1.54) is 12.5 Å². The molecule has 0 saturated heterocycles. The van der Waals surface area contributed by atoms with Gasteiger partial charge in [0.05, 0.1) is 30.7 Å². The molecule has 0 aliphatic carbocycles. The Labute approximate surface area is 174 Å². The van der Waals surface area contributed by atoms with Crippen molar-refractivity contribution in [2.24, 2.45) is 0 Å². The van der Waals surface area contributed by atoms with E-state index in [1.807, 2.05) is 0 Å². The molecule has 2 atom stereocenters. The number of aromatic amines is 1. The molecule has 0 bridgehead atoms. The van der Waals surface area contributed by atoms with Crippen LogP contribution in [0.1, 0.15) is 43.8 Å². The topological polar surface area (TPSA) is 229 Å². The third kappa shape index (κ3) is 11.6. The lowest BCUT2D eigenvalue weighted by Gasteiger charge is -2.15. The number of nitrogens with zero attached hydrogens (tertiary/aromatic N) is 3. The van der Waals surface area contributed by atoms with Gasteiger partial charge in [0, 0.05) is 19.4 Å². The SMILES string of the molecule is O=C(O)CC(NC(=O)CCNC(=O)CCCC(CO[N+](=O)[O-])O[N+](=O)[O-])c1cnc[nH]1. The summed E-state index contributed by atoms with van der Waals surface area (Å²) in [5.41, 5.74) is 0.423. The molecule has 2 unspecified atom stereocenters. The van der Waals surface area contributed by atoms with Crippen LogP contribution >= 0.6 is 0 Å². The molecule has 0 fully saturated rings. The number of hydrogen-bond acceptors (Lipinski definition) is 10. The van der Waals surface area contributed by atoms with E-state index in [1.54, 1.807) is 0 Å². The molecule has 0 saturated carbocycles. The van der Waals surface area contributed by atoms with Gasteiger partial charge in [0.2, 0.25) is 11.8 Å². The maximum Gasteiger partial charge on any atom is 0.305 e. The minimum Gasteiger partial charge on any atom is -0.481 e. The minimum atomic E-state index is -1.20. The van der Waals surface area contributed by atoms with Gasteiger partial charge in [-0.3, -0.25) is 14.4 Å². The zero-order valence-electron chi connectivity index (χ0n) is 16.2. The molecule has 0 aromatic carbocycles. The van der Waals surface area contributed by atoms with Gasteiger partial charge < -0.3 is 30.4 Å². The van der Waals surface area contributed by atoms with Gasteiger partial charge >= 0.3 is 5.97 Å². The van der Waals surface area contributed by atoms with Crippen molar-refractivity contribution in [3.63, 3.8) is 0 Å². The van der Waals surface area contributed by atoms with Crippen LogP contribution < -0.4 is 10.6 Å². The lowest BCUT2D eigenvalue weighted by atomic mass is 10.1. The lowest BCUT2D eigenvalue weighted by Crippen LogP contribution is -2.34. The van der Waals surface area contributed by atoms with Crippen molar-refractivity contribution in [2.75, 3.05) is 13.2 Å². The van der Waals surface area contributed by atoms with Crippen LogP contribution in [0.15, 0.2) is 12.5 Å². The Bertz CT molecular complexity index is 755. The Morgan fingerprint density at radius 3 is 2.52 bits per heavy atom. The van der Waals surface area contributed by atoms with Gasteiger partial charge in [0.1, 0.15) is 12.7 Å². The van der Waals surface area contributed by atoms with Crippen molar-refractivity contribution < 1.29 is 39.3 Å². The van der Waals surface area contributed by atoms with E-state index in [2.05, 4.69) is 30.3 Å². The predicted molar refractivity (Wildman–Crippen MR) is 98.0 cm³/mol. The van der Waals surface area contributed by atoms with Crippen LogP contribution in [0, 0.1) is 20.2 Å². The van der Waals surface area contributed by atoms with Crippen LogP contribution in [0.3, 0.4) is 0 Å². The van der Waals surface area contributed by atoms with Crippen LogP contribution in [-0.2, 0) is 24.1 Å². The minimum absolute atomic E-state index is 0.0211. The number of aromatic nitrogens is 2. The number of amides is 2. The molecule has 0 radical (unpaired) electrons. The van der Waals surface area contributed by atoms with Gasteiger partial charge in [-0.15, -0.1) is 20.2 Å². The molecule has 16 heteroatoms. The smallest absolute Gasteiger partial charge is 0.305 e. The zero-order chi connectivity index (χ0) is 23.2. The molecule has 4 N–H and O–H groups in total. The standard InChI is InChI=1S/C15H22N6O10/c22-13(3-1-2-10(31-21(28)29)8-30-20(26)27)17-5-4-14(23)19-11(6-15(24)25)12-7-16-9-18-12/h7,9-11H,1-6,8H2,(H,16,18)(H,17,22)(H,19,23)(H,24,25). The van der Waals surface area contributed by atoms with Crippen LogP contribution in [0.4, 0.5) is 0 Å². The fraction of sp³-hybridized carbons (Fsp3) is 0.600. The Hall–Kier alpha value is -3.98. The number of carbonyl (C=O) groups excluding carboxylic acids is 2. The number of rotatable bonds is 16. The summed E-state index contributed by atoms with van der Waals surface area (Å²) in [6.45, 7) is -0.670. The van der Waals surface area contributed by atoms with E-state index < -0.39 is 46.7 Å². The molecular formula is C15H22N6O10. The van der Waals surface area contributed by atoms with Gasteiger partial charge in [-0.2, -0.15) is 0 Å². The zero-order valence-corrected chi connectivity index (χ0v) is 16.2. The van der Waals surface area contributed by atoms with Crippen LogP contribution in [0.2, 0.25) is 0 Å². The number of carbonyl (C=O) groups is 3. The number of nitrogens with one attached hydrogen (secondary N) is 3. The Morgan fingerprint density at radius 1 is 1.19 bits per heavy atom. The second kappa shape index (κ2) is 13.3. The fourth-order valence-corrected chi connectivity index (χ4v) is 2.46. The van der Waals surface area contributed by atoms with E-state index in [9.17, 15) is 34.6 Å². The summed E-state index contributed by atoms with van der Waals surface area (Å²) in [5.74, 6) is -2.05. The van der Waals surface area contributed by atoms with E-state index in [4.69, 9.17) is 5.11 Å². The number of carboxylic acids is 1. The van der Waals surface area contributed by atoms with Gasteiger partial charge in [-0.25, -0.2) is 4.98 Å². The molecule has 0 spiro atoms. The normalized spacial score (nSPS) is 12.3. The summed E-state index contributed by atoms with van der Waals surface area (Å²) < 4.78 is 0. The van der Waals surface area contributed by atoms with Crippen molar-refractivity contribution in [3.8, 4) is 0 Å². The highest BCUT2D eigenvalue weighted by atomic mass is 17.0. The number of carboxylic acid groups (broad SMARTS) is 1. The summed E-state index contributed by atoms with van der Waals surface area (Å²) in [6, 6.07) is -0.803. The summed E-state index contributed by atoms with van der Waals surface area (Å²) in [5, 5.41) is 32.3. The Kier molecular flexibility index (Phi) is 10.7. The van der Waals surface area contributed by atoms with E-state index in [0.29, 0.717) is 5.69 Å². The third-order valence-electron chi connectivity index (χ3n) is 3.81. The molecule has 1 rings (SSSR count). The van der Waals surface area contributed by atoms with Crippen molar-refractivity contribution in [1.82, 2.24) is 20.6 Å². The summed E-state index contributed by atoms with van der Waals surface area (Å²) in [4.78, 5) is 70.1. The lowest BCUT2D eigenvalue weighted by molar-refractivity contribution is -0.790. The van der Waals surface area contributed by atoms with Gasteiger partial charge in [0.25, 0.3) is 10.2 Å². The molecule has 1 heterocycles. The van der Waals surface area contributed by atoms with Crippen LogP contribution in [-0.4, -0.2) is 62.3 Å². The summed E-state index contributed by atoms with van der Waals surface area (Å²) >= 11 is 0. The number of aliphatic carboxylic acids is 1. The molecule has 2 amide bonds. The van der Waals surface area contributed by atoms with E-state index in [-0.39, 0.29) is 38.6 Å². The molecular weight excluding hydrogens is 424 g/mol. The second-order valence-corrected chi connectivity index (χ2v) is 6.19. The van der Waals surface area contributed by atoms with Crippen molar-refractivity contribution in [1.29, 1.82) is 0 Å². The fourth-order valence-electron chi connectivity index (χ4n) is 2.46. The first-order valence-electron chi connectivity index (χ1n) is 9.02. The highest BCUT2D eigenvalue weighted by Gasteiger charge is 2.19. The van der Waals surface area contributed by atoms with Crippen molar-refractivity contribution in [2.45, 2.75) is 44.2 Å². The second-order valence-electron chi connectivity index (χ2n) is 6.19. The average molecular weight is 446 g/mol. The molecule has 1 aromatic heterocycles. The monoisotopic (exact) mass is 446 g/mol. The highest BCUT2D eigenvalue weighted by molar-refractivity contribution is 5.79. The molecule has 31 heavy (non-hydrogen) atoms. The molecule has 16 nitrogen and oxygen atoms in total. The maximum atomic E-state index is 12.0.